The molecule has 0 N–H and O–H groups in total. The van der Waals surface area contributed by atoms with E-state index in [0.717, 1.165) is 38.4 Å². The van der Waals surface area contributed by atoms with Gasteiger partial charge in [-0.3, -0.25) is 9.69 Å². The maximum Gasteiger partial charge on any atom is 0.195 e. The summed E-state index contributed by atoms with van der Waals surface area (Å²) in [5, 5.41) is 1.03. The normalized spacial score (nSPS) is 14.4. The number of ether oxygens (including phenoxy) is 1. The second-order valence-corrected chi connectivity index (χ2v) is 10.3. The van der Waals surface area contributed by atoms with Gasteiger partial charge in [-0.1, -0.05) is 48.4 Å². The summed E-state index contributed by atoms with van der Waals surface area (Å²) in [6.07, 6.45) is 3.92. The van der Waals surface area contributed by atoms with Gasteiger partial charge in [-0.15, -0.1) is 11.3 Å². The molecular weight excluding hydrogens is 438 g/mol. The van der Waals surface area contributed by atoms with Crippen molar-refractivity contribution in [3.63, 3.8) is 0 Å². The lowest BCUT2D eigenvalue weighted by atomic mass is 9.97. The van der Waals surface area contributed by atoms with Crippen molar-refractivity contribution in [2.75, 3.05) is 26.2 Å². The fraction of sp³-hybridized carbons (Fsp3) is 0.300. The van der Waals surface area contributed by atoms with Gasteiger partial charge < -0.3 is 4.74 Å². The van der Waals surface area contributed by atoms with Crippen LogP contribution >= 0.6 is 11.3 Å². The molecule has 0 amide bonds. The van der Waals surface area contributed by atoms with E-state index in [2.05, 4.69) is 61.2 Å². The van der Waals surface area contributed by atoms with Crippen LogP contribution in [0, 0.1) is 13.8 Å². The Kier molecular flexibility index (Phi) is 6.80. The van der Waals surface area contributed by atoms with E-state index in [-0.39, 0.29) is 5.78 Å². The van der Waals surface area contributed by atoms with Crippen LogP contribution in [0.5, 0.6) is 5.75 Å². The molecule has 0 saturated carbocycles. The van der Waals surface area contributed by atoms with E-state index in [4.69, 9.17) is 4.74 Å². The molecule has 2 heterocycles. The Bertz CT molecular complexity index is 1280. The Morgan fingerprint density at radius 3 is 2.32 bits per heavy atom. The molecule has 1 aliphatic heterocycles. The van der Waals surface area contributed by atoms with Crippen LogP contribution in [0.2, 0.25) is 0 Å². The van der Waals surface area contributed by atoms with E-state index < -0.39 is 0 Å². The maximum atomic E-state index is 13.8. The fourth-order valence-electron chi connectivity index (χ4n) is 4.66. The van der Waals surface area contributed by atoms with Gasteiger partial charge >= 0.3 is 0 Å². The van der Waals surface area contributed by atoms with Crippen LogP contribution in [0.3, 0.4) is 0 Å². The number of hydrogen-bond donors (Lipinski definition) is 0. The third-order valence-corrected chi connectivity index (χ3v) is 7.83. The molecule has 3 aromatic carbocycles. The maximum absolute atomic E-state index is 13.8. The van der Waals surface area contributed by atoms with Gasteiger partial charge in [-0.05, 0) is 81.2 Å². The van der Waals surface area contributed by atoms with Crippen molar-refractivity contribution in [3.05, 3.63) is 89.0 Å². The van der Waals surface area contributed by atoms with Crippen molar-refractivity contribution in [1.29, 1.82) is 0 Å². The summed E-state index contributed by atoms with van der Waals surface area (Å²) in [7, 11) is 0. The summed E-state index contributed by atoms with van der Waals surface area (Å²) in [6, 6.07) is 22.4. The molecule has 0 bridgehead atoms. The van der Waals surface area contributed by atoms with Crippen LogP contribution in [-0.4, -0.2) is 36.9 Å². The smallest absolute Gasteiger partial charge is 0.195 e. The average molecular weight is 470 g/mol. The highest BCUT2D eigenvalue weighted by atomic mass is 32.1. The number of piperidine rings is 1. The van der Waals surface area contributed by atoms with Crippen LogP contribution in [0.25, 0.3) is 20.5 Å². The SMILES string of the molecule is Cc1ccc(-c2sc3cc(C)ccc3c2C(=O)c2ccc(OCCN3CCCCC3)cc2)cc1. The molecule has 0 unspecified atom stereocenters. The molecule has 4 heteroatoms. The van der Waals surface area contributed by atoms with Gasteiger partial charge in [0.1, 0.15) is 12.4 Å². The first-order valence-electron chi connectivity index (χ1n) is 12.2. The summed E-state index contributed by atoms with van der Waals surface area (Å²) in [5.74, 6) is 0.878. The summed E-state index contributed by atoms with van der Waals surface area (Å²) >= 11 is 1.70. The minimum absolute atomic E-state index is 0.0607. The number of carbonyl (C=O) groups excluding carboxylic acids is 1. The molecule has 0 atom stereocenters. The predicted molar refractivity (Wildman–Crippen MR) is 142 cm³/mol. The van der Waals surface area contributed by atoms with E-state index >= 15 is 0 Å². The zero-order valence-electron chi connectivity index (χ0n) is 20.0. The van der Waals surface area contributed by atoms with E-state index in [1.807, 2.05) is 24.3 Å². The van der Waals surface area contributed by atoms with E-state index in [0.29, 0.717) is 12.2 Å². The van der Waals surface area contributed by atoms with Crippen molar-refractivity contribution in [2.45, 2.75) is 33.1 Å². The number of benzene rings is 3. The Hall–Kier alpha value is -2.95. The number of nitrogens with zero attached hydrogens (tertiary/aromatic N) is 1. The third-order valence-electron chi connectivity index (χ3n) is 6.63. The Morgan fingerprint density at radius 1 is 0.882 bits per heavy atom. The van der Waals surface area contributed by atoms with Gasteiger partial charge in [0.25, 0.3) is 0 Å². The van der Waals surface area contributed by atoms with Gasteiger partial charge in [0.05, 0.1) is 0 Å². The minimum Gasteiger partial charge on any atom is -0.492 e. The van der Waals surface area contributed by atoms with E-state index in [1.54, 1.807) is 11.3 Å². The van der Waals surface area contributed by atoms with Crippen LogP contribution < -0.4 is 4.74 Å². The Labute approximate surface area is 206 Å². The number of fused-ring (bicyclic) bond motifs is 1. The minimum atomic E-state index is 0.0607. The molecule has 4 aromatic rings. The highest BCUT2D eigenvalue weighted by Crippen LogP contribution is 2.40. The zero-order chi connectivity index (χ0) is 23.5. The first-order valence-corrected chi connectivity index (χ1v) is 13.0. The summed E-state index contributed by atoms with van der Waals surface area (Å²) in [6.45, 7) is 8.17. The average Bonchev–Trinajstić information content (AvgIpc) is 3.23. The molecule has 3 nitrogen and oxygen atoms in total. The number of hydrogen-bond acceptors (Lipinski definition) is 4. The van der Waals surface area contributed by atoms with Gasteiger partial charge in [-0.2, -0.15) is 0 Å². The number of likely N-dealkylation sites (tertiary alicyclic amines) is 1. The largest absolute Gasteiger partial charge is 0.492 e. The lowest BCUT2D eigenvalue weighted by Gasteiger charge is -2.26. The number of rotatable bonds is 7. The highest BCUT2D eigenvalue weighted by Gasteiger charge is 2.21. The monoisotopic (exact) mass is 469 g/mol. The molecule has 0 aliphatic carbocycles. The van der Waals surface area contributed by atoms with Crippen LogP contribution in [0.15, 0.2) is 66.7 Å². The zero-order valence-corrected chi connectivity index (χ0v) is 20.8. The van der Waals surface area contributed by atoms with Crippen molar-refractivity contribution in [3.8, 4) is 16.2 Å². The van der Waals surface area contributed by atoms with Crippen LogP contribution in [0.4, 0.5) is 0 Å². The molecule has 0 radical (unpaired) electrons. The van der Waals surface area contributed by atoms with Crippen molar-refractivity contribution in [2.24, 2.45) is 0 Å². The Morgan fingerprint density at radius 2 is 1.59 bits per heavy atom. The molecular formula is C30H31NO2S. The molecule has 174 valence electrons. The van der Waals surface area contributed by atoms with Crippen molar-refractivity contribution < 1.29 is 9.53 Å². The van der Waals surface area contributed by atoms with Crippen LogP contribution in [0.1, 0.15) is 46.3 Å². The van der Waals surface area contributed by atoms with E-state index in [9.17, 15) is 4.79 Å². The number of ketones is 1. The molecule has 1 saturated heterocycles. The predicted octanol–water partition coefficient (Wildman–Crippen LogP) is 7.28. The lowest BCUT2D eigenvalue weighted by Crippen LogP contribution is -2.33. The second-order valence-electron chi connectivity index (χ2n) is 9.28. The molecule has 5 rings (SSSR count). The first-order chi connectivity index (χ1) is 16.6. The number of carbonyl (C=O) groups is 1. The molecule has 1 aliphatic rings. The number of thiophene rings is 1. The third kappa shape index (κ3) is 4.94. The van der Waals surface area contributed by atoms with Gasteiger partial charge in [0.2, 0.25) is 0 Å². The van der Waals surface area contributed by atoms with Gasteiger partial charge in [0, 0.05) is 32.6 Å². The van der Waals surface area contributed by atoms with Gasteiger partial charge in [-0.25, -0.2) is 0 Å². The molecule has 34 heavy (non-hydrogen) atoms. The quantitative estimate of drug-likeness (QED) is 0.266. The lowest BCUT2D eigenvalue weighted by molar-refractivity contribution is 0.104. The highest BCUT2D eigenvalue weighted by molar-refractivity contribution is 7.22. The first kappa shape index (κ1) is 22.8. The molecule has 1 fully saturated rings. The summed E-state index contributed by atoms with van der Waals surface area (Å²) < 4.78 is 7.12. The fourth-order valence-corrected chi connectivity index (χ4v) is 5.96. The Balaban J connectivity index is 1.39. The van der Waals surface area contributed by atoms with Crippen molar-refractivity contribution >= 4 is 27.2 Å². The topological polar surface area (TPSA) is 29.5 Å². The standard InChI is InChI=1S/C30H31NO2S/c1-21-6-9-24(10-7-21)30-28(26-15-8-22(2)20-27(26)34-30)29(32)23-11-13-25(14-12-23)33-19-18-31-16-4-3-5-17-31/h6-15,20H,3-5,16-19H2,1-2H3. The second kappa shape index (κ2) is 10.1. The molecule has 0 spiro atoms. The van der Waals surface area contributed by atoms with E-state index in [1.165, 1.54) is 43.5 Å². The number of aryl methyl sites for hydroxylation is 2. The summed E-state index contributed by atoms with van der Waals surface area (Å²) in [4.78, 5) is 17.3. The molecule has 1 aromatic heterocycles. The summed E-state index contributed by atoms with van der Waals surface area (Å²) in [5.41, 5.74) is 4.99. The van der Waals surface area contributed by atoms with Gasteiger partial charge in [0.15, 0.2) is 5.78 Å². The van der Waals surface area contributed by atoms with Crippen LogP contribution in [-0.2, 0) is 0 Å². The van der Waals surface area contributed by atoms with Crippen molar-refractivity contribution in [1.82, 2.24) is 4.90 Å².